The van der Waals surface area contributed by atoms with Gasteiger partial charge in [-0.05, 0) is 73.6 Å². The van der Waals surface area contributed by atoms with Crippen LogP contribution < -0.4 is 5.56 Å². The standard InChI is InChI=1S/C20H28N2O/c1-20(2)17-4-3-16(18(20)12-17)13-22-9-6-14(7-10-22)15-5-8-21-19(23)11-15/h3,5,8,11,14,17-18H,4,6-7,9-10,12-13H2,1-2H3,(H,21,23)/t17-,18-/m0/s1. The Kier molecular flexibility index (Phi) is 3.72. The molecule has 1 aromatic heterocycles. The number of likely N-dealkylation sites (tertiary alicyclic amines) is 1. The number of allylic oxidation sites excluding steroid dienone is 1. The summed E-state index contributed by atoms with van der Waals surface area (Å²) in [6, 6.07) is 3.85. The SMILES string of the molecule is CC1(C)[C@H]2CC=C(CN3CCC(c4cc[nH]c(=O)c4)CC3)[C@@H]1C2. The zero-order valence-corrected chi connectivity index (χ0v) is 14.3. The fraction of sp³-hybridized carbons (Fsp3) is 0.650. The molecule has 1 N–H and O–H groups in total. The fourth-order valence-electron chi connectivity index (χ4n) is 5.05. The van der Waals surface area contributed by atoms with Gasteiger partial charge in [-0.25, -0.2) is 0 Å². The van der Waals surface area contributed by atoms with Gasteiger partial charge in [-0.1, -0.05) is 25.5 Å². The minimum atomic E-state index is 0.0269. The van der Waals surface area contributed by atoms with Crippen LogP contribution >= 0.6 is 0 Å². The number of nitrogens with one attached hydrogen (secondary N) is 1. The van der Waals surface area contributed by atoms with Crippen LogP contribution in [0.4, 0.5) is 0 Å². The number of H-pyrrole nitrogens is 1. The second-order valence-corrected chi connectivity index (χ2v) is 8.36. The third kappa shape index (κ3) is 2.69. The highest BCUT2D eigenvalue weighted by atomic mass is 16.1. The summed E-state index contributed by atoms with van der Waals surface area (Å²) in [4.78, 5) is 16.8. The van der Waals surface area contributed by atoms with Gasteiger partial charge in [0, 0.05) is 18.8 Å². The second-order valence-electron chi connectivity index (χ2n) is 8.36. The Balaban J connectivity index is 1.36. The summed E-state index contributed by atoms with van der Waals surface area (Å²) in [5.41, 5.74) is 3.48. The van der Waals surface area contributed by atoms with E-state index in [1.165, 1.54) is 37.8 Å². The number of fused-ring (bicyclic) bond motifs is 1. The Morgan fingerprint density at radius 2 is 2.09 bits per heavy atom. The Morgan fingerprint density at radius 3 is 2.74 bits per heavy atom. The zero-order valence-electron chi connectivity index (χ0n) is 14.3. The third-order valence-corrected chi connectivity index (χ3v) is 6.85. The molecule has 2 bridgehead atoms. The van der Waals surface area contributed by atoms with Crippen LogP contribution in [0.1, 0.15) is 51.0 Å². The molecule has 1 saturated carbocycles. The van der Waals surface area contributed by atoms with E-state index in [1.54, 1.807) is 17.8 Å². The lowest BCUT2D eigenvalue weighted by molar-refractivity contribution is -0.0112. The number of aromatic amines is 1. The molecule has 0 unspecified atom stereocenters. The lowest BCUT2D eigenvalue weighted by atomic mass is 9.49. The molecule has 0 aromatic carbocycles. The van der Waals surface area contributed by atoms with Crippen molar-refractivity contribution in [3.8, 4) is 0 Å². The maximum atomic E-state index is 11.5. The number of piperidine rings is 1. The molecule has 2 fully saturated rings. The summed E-state index contributed by atoms with van der Waals surface area (Å²) in [6.07, 6.45) is 9.38. The Morgan fingerprint density at radius 1 is 1.30 bits per heavy atom. The first kappa shape index (κ1) is 15.2. The number of rotatable bonds is 3. The van der Waals surface area contributed by atoms with Crippen molar-refractivity contribution in [1.29, 1.82) is 0 Å². The maximum Gasteiger partial charge on any atom is 0.248 e. The topological polar surface area (TPSA) is 36.1 Å². The van der Waals surface area contributed by atoms with Crippen molar-refractivity contribution in [2.45, 2.75) is 45.4 Å². The molecule has 1 aromatic rings. The first-order chi connectivity index (χ1) is 11.0. The largest absolute Gasteiger partial charge is 0.329 e. The van der Waals surface area contributed by atoms with E-state index in [2.05, 4.69) is 35.9 Å². The van der Waals surface area contributed by atoms with Crippen LogP contribution in [0.25, 0.3) is 0 Å². The summed E-state index contributed by atoms with van der Waals surface area (Å²) < 4.78 is 0. The minimum Gasteiger partial charge on any atom is -0.329 e. The second kappa shape index (κ2) is 5.62. The number of hydrogen-bond donors (Lipinski definition) is 1. The number of nitrogens with zero attached hydrogens (tertiary/aromatic N) is 1. The van der Waals surface area contributed by atoms with Crippen molar-refractivity contribution >= 4 is 0 Å². The van der Waals surface area contributed by atoms with Crippen molar-refractivity contribution in [3.63, 3.8) is 0 Å². The summed E-state index contributed by atoms with van der Waals surface area (Å²) >= 11 is 0. The number of aromatic nitrogens is 1. The fourth-order valence-corrected chi connectivity index (χ4v) is 5.05. The molecule has 3 heteroatoms. The summed E-state index contributed by atoms with van der Waals surface area (Å²) in [5.74, 6) is 2.31. The predicted molar refractivity (Wildman–Crippen MR) is 93.6 cm³/mol. The molecule has 23 heavy (non-hydrogen) atoms. The average molecular weight is 312 g/mol. The molecule has 124 valence electrons. The van der Waals surface area contributed by atoms with Crippen molar-refractivity contribution in [2.24, 2.45) is 17.3 Å². The summed E-state index contributed by atoms with van der Waals surface area (Å²) in [5, 5.41) is 0. The molecule has 0 radical (unpaired) electrons. The van der Waals surface area contributed by atoms with Crippen LogP contribution in [0, 0.1) is 17.3 Å². The Labute approximate surface area is 138 Å². The zero-order chi connectivity index (χ0) is 16.0. The number of pyridine rings is 1. The van der Waals surface area contributed by atoms with E-state index in [-0.39, 0.29) is 5.56 Å². The first-order valence-corrected chi connectivity index (χ1v) is 9.14. The van der Waals surface area contributed by atoms with Gasteiger partial charge in [-0.2, -0.15) is 0 Å². The van der Waals surface area contributed by atoms with Crippen molar-refractivity contribution in [1.82, 2.24) is 9.88 Å². The smallest absolute Gasteiger partial charge is 0.248 e. The highest BCUT2D eigenvalue weighted by Gasteiger charge is 2.51. The maximum absolute atomic E-state index is 11.5. The van der Waals surface area contributed by atoms with Gasteiger partial charge in [0.25, 0.3) is 0 Å². The molecule has 0 spiro atoms. The highest BCUT2D eigenvalue weighted by Crippen LogP contribution is 2.59. The minimum absolute atomic E-state index is 0.0269. The van der Waals surface area contributed by atoms with Crippen LogP contribution in [-0.4, -0.2) is 29.5 Å². The molecule has 4 aliphatic rings. The lowest BCUT2D eigenvalue weighted by Gasteiger charge is -2.57. The van der Waals surface area contributed by atoms with Crippen LogP contribution in [0.5, 0.6) is 0 Å². The highest BCUT2D eigenvalue weighted by molar-refractivity contribution is 5.25. The van der Waals surface area contributed by atoms with Gasteiger partial charge < -0.3 is 4.98 Å². The molecule has 3 nitrogen and oxygen atoms in total. The van der Waals surface area contributed by atoms with Crippen LogP contribution in [0.15, 0.2) is 34.8 Å². The first-order valence-electron chi connectivity index (χ1n) is 9.14. The van der Waals surface area contributed by atoms with Crippen LogP contribution in [0.3, 0.4) is 0 Å². The van der Waals surface area contributed by atoms with Crippen molar-refractivity contribution in [2.75, 3.05) is 19.6 Å². The van der Waals surface area contributed by atoms with Crippen LogP contribution in [0.2, 0.25) is 0 Å². The molecule has 1 aliphatic heterocycles. The van der Waals surface area contributed by atoms with Gasteiger partial charge in [0.2, 0.25) is 5.56 Å². The van der Waals surface area contributed by atoms with Crippen LogP contribution in [-0.2, 0) is 0 Å². The van der Waals surface area contributed by atoms with Gasteiger partial charge >= 0.3 is 0 Å². The Hall–Kier alpha value is -1.35. The molecule has 0 amide bonds. The normalized spacial score (nSPS) is 30.6. The van der Waals surface area contributed by atoms with Gasteiger partial charge in [0.05, 0.1) is 0 Å². The van der Waals surface area contributed by atoms with Gasteiger partial charge in [0.1, 0.15) is 0 Å². The van der Waals surface area contributed by atoms with E-state index < -0.39 is 0 Å². The van der Waals surface area contributed by atoms with Gasteiger partial charge in [-0.15, -0.1) is 0 Å². The van der Waals surface area contributed by atoms with E-state index >= 15 is 0 Å². The molecule has 2 atom stereocenters. The van der Waals surface area contributed by atoms with Crippen molar-refractivity contribution < 1.29 is 0 Å². The molecule has 1 saturated heterocycles. The van der Waals surface area contributed by atoms with E-state index in [9.17, 15) is 4.79 Å². The summed E-state index contributed by atoms with van der Waals surface area (Å²) in [7, 11) is 0. The molecular weight excluding hydrogens is 284 g/mol. The van der Waals surface area contributed by atoms with E-state index in [4.69, 9.17) is 0 Å². The van der Waals surface area contributed by atoms with Gasteiger partial charge in [-0.3, -0.25) is 9.69 Å². The molecular formula is C20H28N2O. The Bertz CT molecular complexity index is 664. The monoisotopic (exact) mass is 312 g/mol. The molecule has 2 heterocycles. The third-order valence-electron chi connectivity index (χ3n) is 6.85. The average Bonchev–Trinajstić information content (AvgIpc) is 2.55. The lowest BCUT2D eigenvalue weighted by Crippen LogP contribution is -2.50. The van der Waals surface area contributed by atoms with Gasteiger partial charge in [0.15, 0.2) is 0 Å². The van der Waals surface area contributed by atoms with E-state index in [0.717, 1.165) is 24.9 Å². The van der Waals surface area contributed by atoms with Crippen molar-refractivity contribution in [3.05, 3.63) is 45.9 Å². The van der Waals surface area contributed by atoms with E-state index in [0.29, 0.717) is 11.3 Å². The molecule has 3 aliphatic carbocycles. The predicted octanol–water partition coefficient (Wildman–Crippen LogP) is 3.55. The van der Waals surface area contributed by atoms with E-state index in [1.807, 2.05) is 0 Å². The summed E-state index contributed by atoms with van der Waals surface area (Å²) in [6.45, 7) is 8.40. The molecule has 5 rings (SSSR count). The number of hydrogen-bond acceptors (Lipinski definition) is 2. The quantitative estimate of drug-likeness (QED) is 0.867.